The van der Waals surface area contributed by atoms with E-state index in [9.17, 15) is 5.11 Å². The molecule has 3 heteroatoms. The fourth-order valence-corrected chi connectivity index (χ4v) is 1.66. The lowest BCUT2D eigenvalue weighted by Crippen LogP contribution is -2.19. The second-order valence-corrected chi connectivity index (χ2v) is 3.91. The summed E-state index contributed by atoms with van der Waals surface area (Å²) in [6.45, 7) is 8.16. The van der Waals surface area contributed by atoms with E-state index in [-0.39, 0.29) is 5.92 Å². The Morgan fingerprint density at radius 2 is 1.86 bits per heavy atom. The Kier molecular flexibility index (Phi) is 3.34. The van der Waals surface area contributed by atoms with Crippen LogP contribution in [0.1, 0.15) is 35.7 Å². The molecule has 3 nitrogen and oxygen atoms in total. The van der Waals surface area contributed by atoms with Gasteiger partial charge in [-0.25, -0.2) is 0 Å². The number of aliphatic hydroxyl groups is 1. The highest BCUT2D eigenvalue weighted by Gasteiger charge is 2.22. The van der Waals surface area contributed by atoms with E-state index in [1.807, 2.05) is 27.7 Å². The molecule has 1 heterocycles. The van der Waals surface area contributed by atoms with Gasteiger partial charge >= 0.3 is 0 Å². The Hall–Kier alpha value is -0.800. The molecule has 0 radical (unpaired) electrons. The van der Waals surface area contributed by atoms with Gasteiger partial charge in [0.05, 0.1) is 6.10 Å². The normalized spacial score (nSPS) is 15.6. The molecule has 0 bridgehead atoms. The van der Waals surface area contributed by atoms with Crippen LogP contribution in [0.25, 0.3) is 0 Å². The molecule has 80 valence electrons. The molecule has 0 aliphatic carbocycles. The topological polar surface area (TPSA) is 59.4 Å². The minimum Gasteiger partial charge on any atom is -0.466 e. The van der Waals surface area contributed by atoms with Crippen molar-refractivity contribution in [2.75, 3.05) is 6.54 Å². The summed E-state index contributed by atoms with van der Waals surface area (Å²) in [5.41, 5.74) is 7.47. The number of furan rings is 1. The predicted molar refractivity (Wildman–Crippen MR) is 56.1 cm³/mol. The first-order valence-corrected chi connectivity index (χ1v) is 4.93. The zero-order valence-electron chi connectivity index (χ0n) is 9.29. The van der Waals surface area contributed by atoms with Gasteiger partial charge in [-0.05, 0) is 38.8 Å². The molecule has 0 spiro atoms. The van der Waals surface area contributed by atoms with Gasteiger partial charge in [0, 0.05) is 5.56 Å². The van der Waals surface area contributed by atoms with E-state index in [0.717, 1.165) is 22.6 Å². The molecule has 0 saturated heterocycles. The van der Waals surface area contributed by atoms with Gasteiger partial charge < -0.3 is 15.3 Å². The maximum atomic E-state index is 10.0. The van der Waals surface area contributed by atoms with Crippen molar-refractivity contribution < 1.29 is 9.52 Å². The molecule has 3 N–H and O–H groups in total. The van der Waals surface area contributed by atoms with E-state index in [0.29, 0.717) is 6.54 Å². The van der Waals surface area contributed by atoms with E-state index in [1.54, 1.807) is 0 Å². The van der Waals surface area contributed by atoms with Gasteiger partial charge in [-0.2, -0.15) is 0 Å². The van der Waals surface area contributed by atoms with Crippen molar-refractivity contribution in [2.45, 2.75) is 33.8 Å². The number of hydrogen-bond donors (Lipinski definition) is 2. The van der Waals surface area contributed by atoms with Crippen molar-refractivity contribution >= 4 is 0 Å². The molecule has 2 atom stereocenters. The lowest BCUT2D eigenvalue weighted by Gasteiger charge is -2.17. The molecule has 0 aromatic carbocycles. The lowest BCUT2D eigenvalue weighted by molar-refractivity contribution is 0.119. The van der Waals surface area contributed by atoms with Crippen LogP contribution in [0.5, 0.6) is 0 Å². The predicted octanol–water partition coefficient (Wildman–Crippen LogP) is 1.83. The van der Waals surface area contributed by atoms with Crippen molar-refractivity contribution in [3.8, 4) is 0 Å². The molecule has 0 saturated carbocycles. The fourth-order valence-electron chi connectivity index (χ4n) is 1.66. The standard InChI is InChI=1S/C11H19NO2/c1-6(5-12)11(13)10-7(2)8(3)14-9(10)4/h6,11,13H,5,12H2,1-4H3. The molecule has 1 rings (SSSR count). The average Bonchev–Trinajstić information content (AvgIpc) is 2.39. The zero-order valence-corrected chi connectivity index (χ0v) is 9.29. The first kappa shape index (κ1) is 11.3. The average molecular weight is 197 g/mol. The van der Waals surface area contributed by atoms with Crippen molar-refractivity contribution in [2.24, 2.45) is 11.7 Å². The number of aryl methyl sites for hydroxylation is 2. The third-order valence-corrected chi connectivity index (χ3v) is 2.82. The third-order valence-electron chi connectivity index (χ3n) is 2.82. The maximum absolute atomic E-state index is 10.0. The number of nitrogens with two attached hydrogens (primary N) is 1. The number of hydrogen-bond acceptors (Lipinski definition) is 3. The van der Waals surface area contributed by atoms with Crippen LogP contribution in [-0.2, 0) is 0 Å². The highest BCUT2D eigenvalue weighted by Crippen LogP contribution is 2.30. The number of aliphatic hydroxyl groups excluding tert-OH is 1. The van der Waals surface area contributed by atoms with Gasteiger partial charge in [-0.3, -0.25) is 0 Å². The molecule has 14 heavy (non-hydrogen) atoms. The molecular weight excluding hydrogens is 178 g/mol. The molecule has 0 amide bonds. The van der Waals surface area contributed by atoms with Crippen LogP contribution in [0, 0.1) is 26.7 Å². The Morgan fingerprint density at radius 1 is 1.29 bits per heavy atom. The molecule has 0 aliphatic heterocycles. The van der Waals surface area contributed by atoms with E-state index in [1.165, 1.54) is 0 Å². The first-order chi connectivity index (χ1) is 6.49. The highest BCUT2D eigenvalue weighted by atomic mass is 16.3. The van der Waals surface area contributed by atoms with Crippen LogP contribution in [-0.4, -0.2) is 11.7 Å². The summed E-state index contributed by atoms with van der Waals surface area (Å²) < 4.78 is 5.46. The van der Waals surface area contributed by atoms with Gasteiger partial charge in [-0.15, -0.1) is 0 Å². The summed E-state index contributed by atoms with van der Waals surface area (Å²) in [6, 6.07) is 0. The summed E-state index contributed by atoms with van der Waals surface area (Å²) >= 11 is 0. The Balaban J connectivity index is 3.05. The van der Waals surface area contributed by atoms with Crippen LogP contribution in [0.4, 0.5) is 0 Å². The highest BCUT2D eigenvalue weighted by molar-refractivity contribution is 5.33. The summed E-state index contributed by atoms with van der Waals surface area (Å²) in [5.74, 6) is 1.73. The monoisotopic (exact) mass is 197 g/mol. The van der Waals surface area contributed by atoms with E-state index in [2.05, 4.69) is 0 Å². The van der Waals surface area contributed by atoms with E-state index in [4.69, 9.17) is 10.2 Å². The fraction of sp³-hybridized carbons (Fsp3) is 0.636. The smallest absolute Gasteiger partial charge is 0.107 e. The Labute approximate surface area is 84.9 Å². The largest absolute Gasteiger partial charge is 0.466 e. The van der Waals surface area contributed by atoms with E-state index >= 15 is 0 Å². The van der Waals surface area contributed by atoms with Crippen LogP contribution in [0.3, 0.4) is 0 Å². The minimum atomic E-state index is -0.516. The second-order valence-electron chi connectivity index (χ2n) is 3.91. The molecule has 0 fully saturated rings. The summed E-state index contributed by atoms with van der Waals surface area (Å²) in [6.07, 6.45) is -0.516. The maximum Gasteiger partial charge on any atom is 0.107 e. The van der Waals surface area contributed by atoms with Gasteiger partial charge in [0.1, 0.15) is 11.5 Å². The van der Waals surface area contributed by atoms with Crippen LogP contribution in [0.2, 0.25) is 0 Å². The third kappa shape index (κ3) is 1.83. The van der Waals surface area contributed by atoms with Gasteiger partial charge in [0.2, 0.25) is 0 Å². The molecule has 2 unspecified atom stereocenters. The first-order valence-electron chi connectivity index (χ1n) is 4.93. The summed E-state index contributed by atoms with van der Waals surface area (Å²) in [5, 5.41) is 10.0. The van der Waals surface area contributed by atoms with Crippen molar-refractivity contribution in [3.63, 3.8) is 0 Å². The van der Waals surface area contributed by atoms with Crippen molar-refractivity contribution in [1.29, 1.82) is 0 Å². The summed E-state index contributed by atoms with van der Waals surface area (Å²) in [7, 11) is 0. The minimum absolute atomic E-state index is 0.0596. The molecule has 0 aliphatic rings. The van der Waals surface area contributed by atoms with Crippen molar-refractivity contribution in [3.05, 3.63) is 22.6 Å². The number of rotatable bonds is 3. The molecular formula is C11H19NO2. The Bertz CT molecular complexity index is 317. The second kappa shape index (κ2) is 4.15. The van der Waals surface area contributed by atoms with Crippen LogP contribution < -0.4 is 5.73 Å². The Morgan fingerprint density at radius 3 is 2.21 bits per heavy atom. The van der Waals surface area contributed by atoms with Crippen molar-refractivity contribution in [1.82, 2.24) is 0 Å². The van der Waals surface area contributed by atoms with E-state index < -0.39 is 6.10 Å². The lowest BCUT2D eigenvalue weighted by atomic mass is 9.95. The molecule has 1 aromatic rings. The van der Waals surface area contributed by atoms with Gasteiger partial charge in [-0.1, -0.05) is 6.92 Å². The SMILES string of the molecule is Cc1oc(C)c(C(O)C(C)CN)c1C. The zero-order chi connectivity index (χ0) is 10.9. The van der Waals surface area contributed by atoms with Crippen LogP contribution in [0.15, 0.2) is 4.42 Å². The van der Waals surface area contributed by atoms with Gasteiger partial charge in [0.25, 0.3) is 0 Å². The van der Waals surface area contributed by atoms with Gasteiger partial charge in [0.15, 0.2) is 0 Å². The quantitative estimate of drug-likeness (QED) is 0.777. The summed E-state index contributed by atoms with van der Waals surface area (Å²) in [4.78, 5) is 0. The van der Waals surface area contributed by atoms with Crippen LogP contribution >= 0.6 is 0 Å². The molecule has 1 aromatic heterocycles.